The van der Waals surface area contributed by atoms with Gasteiger partial charge in [0.1, 0.15) is 4.88 Å². The third-order valence-electron chi connectivity index (χ3n) is 4.82. The fourth-order valence-corrected chi connectivity index (χ4v) is 4.57. The van der Waals surface area contributed by atoms with Gasteiger partial charge in [0.25, 0.3) is 5.91 Å². The van der Waals surface area contributed by atoms with Crippen LogP contribution in [0.2, 0.25) is 0 Å². The van der Waals surface area contributed by atoms with Crippen molar-refractivity contribution in [3.05, 3.63) is 57.3 Å². The molecule has 2 heterocycles. The SMILES string of the molecule is O=C(O[C@@H](C(=O)N1CCOCC1)c1ccccc1)c1cc2c(s1)CCC2. The van der Waals surface area contributed by atoms with Crippen molar-refractivity contribution in [1.29, 1.82) is 0 Å². The summed E-state index contributed by atoms with van der Waals surface area (Å²) in [4.78, 5) is 29.3. The van der Waals surface area contributed by atoms with Gasteiger partial charge in [-0.2, -0.15) is 0 Å². The van der Waals surface area contributed by atoms with Crippen LogP contribution in [0.5, 0.6) is 0 Å². The summed E-state index contributed by atoms with van der Waals surface area (Å²) >= 11 is 1.50. The van der Waals surface area contributed by atoms with Crippen LogP contribution < -0.4 is 0 Å². The Morgan fingerprint density at radius 3 is 2.62 bits per heavy atom. The summed E-state index contributed by atoms with van der Waals surface area (Å²) in [5, 5.41) is 0. The highest BCUT2D eigenvalue weighted by molar-refractivity contribution is 7.14. The molecule has 0 spiro atoms. The Bertz CT molecular complexity index is 774. The zero-order valence-electron chi connectivity index (χ0n) is 14.5. The summed E-state index contributed by atoms with van der Waals surface area (Å²) in [5.41, 5.74) is 1.94. The summed E-state index contributed by atoms with van der Waals surface area (Å²) in [6, 6.07) is 11.2. The van der Waals surface area contributed by atoms with E-state index in [-0.39, 0.29) is 5.91 Å². The molecular weight excluding hydrogens is 350 g/mol. The van der Waals surface area contributed by atoms with Gasteiger partial charge in [0.2, 0.25) is 6.10 Å². The summed E-state index contributed by atoms with van der Waals surface area (Å²) in [6.07, 6.45) is 2.29. The predicted molar refractivity (Wildman–Crippen MR) is 98.3 cm³/mol. The van der Waals surface area contributed by atoms with Crippen LogP contribution in [0.1, 0.15) is 38.2 Å². The minimum Gasteiger partial charge on any atom is -0.443 e. The monoisotopic (exact) mass is 371 g/mol. The predicted octanol–water partition coefficient (Wildman–Crippen LogP) is 2.99. The standard InChI is InChI=1S/C20H21NO4S/c22-19(21-9-11-24-12-10-21)18(14-5-2-1-3-6-14)25-20(23)17-13-15-7-4-8-16(15)26-17/h1-3,5-6,13,18H,4,7-12H2/t18-/m1/s1. The largest absolute Gasteiger partial charge is 0.443 e. The van der Waals surface area contributed by atoms with Gasteiger partial charge in [-0.05, 0) is 30.9 Å². The summed E-state index contributed by atoms with van der Waals surface area (Å²) in [7, 11) is 0. The molecule has 1 aromatic carbocycles. The van der Waals surface area contributed by atoms with E-state index in [1.165, 1.54) is 21.8 Å². The van der Waals surface area contributed by atoms with Crippen LogP contribution in [-0.4, -0.2) is 43.1 Å². The van der Waals surface area contributed by atoms with E-state index in [9.17, 15) is 9.59 Å². The van der Waals surface area contributed by atoms with Crippen molar-refractivity contribution in [2.24, 2.45) is 0 Å². The topological polar surface area (TPSA) is 55.8 Å². The lowest BCUT2D eigenvalue weighted by Gasteiger charge is -2.30. The van der Waals surface area contributed by atoms with E-state index in [2.05, 4.69) is 0 Å². The number of carbonyl (C=O) groups excluding carboxylic acids is 2. The molecule has 1 atom stereocenters. The van der Waals surface area contributed by atoms with Crippen LogP contribution in [0.15, 0.2) is 36.4 Å². The van der Waals surface area contributed by atoms with Crippen LogP contribution >= 0.6 is 11.3 Å². The van der Waals surface area contributed by atoms with Gasteiger partial charge >= 0.3 is 5.97 Å². The summed E-state index contributed by atoms with van der Waals surface area (Å²) in [6.45, 7) is 2.07. The van der Waals surface area contributed by atoms with E-state index in [0.29, 0.717) is 36.7 Å². The average molecular weight is 371 g/mol. The highest BCUT2D eigenvalue weighted by atomic mass is 32.1. The molecule has 1 amide bonds. The van der Waals surface area contributed by atoms with Gasteiger partial charge in [0, 0.05) is 23.5 Å². The number of aryl methyl sites for hydroxylation is 2. The van der Waals surface area contributed by atoms with E-state index in [1.807, 2.05) is 36.4 Å². The normalized spacial score (nSPS) is 17.6. The Hall–Kier alpha value is -2.18. The van der Waals surface area contributed by atoms with E-state index in [4.69, 9.17) is 9.47 Å². The molecule has 1 aromatic heterocycles. The first-order valence-electron chi connectivity index (χ1n) is 8.96. The van der Waals surface area contributed by atoms with Gasteiger partial charge in [-0.3, -0.25) is 4.79 Å². The number of hydrogen-bond donors (Lipinski definition) is 0. The number of morpholine rings is 1. The Kier molecular flexibility index (Phi) is 5.04. The lowest BCUT2D eigenvalue weighted by Crippen LogP contribution is -2.44. The minimum absolute atomic E-state index is 0.183. The van der Waals surface area contributed by atoms with Crippen LogP contribution in [0, 0.1) is 0 Å². The number of hydrogen-bond acceptors (Lipinski definition) is 5. The molecular formula is C20H21NO4S. The molecule has 2 aromatic rings. The van der Waals surface area contributed by atoms with E-state index in [0.717, 1.165) is 19.3 Å². The second kappa shape index (κ2) is 7.60. The van der Waals surface area contributed by atoms with E-state index in [1.54, 1.807) is 4.90 Å². The second-order valence-corrected chi connectivity index (χ2v) is 7.68. The lowest BCUT2D eigenvalue weighted by molar-refractivity contribution is -0.145. The molecule has 136 valence electrons. The zero-order chi connectivity index (χ0) is 17.9. The van der Waals surface area contributed by atoms with Crippen molar-refractivity contribution in [3.63, 3.8) is 0 Å². The molecule has 26 heavy (non-hydrogen) atoms. The number of amides is 1. The molecule has 5 nitrogen and oxygen atoms in total. The van der Waals surface area contributed by atoms with Gasteiger partial charge in [0.15, 0.2) is 0 Å². The number of nitrogens with zero attached hydrogens (tertiary/aromatic N) is 1. The first kappa shape index (κ1) is 17.2. The van der Waals surface area contributed by atoms with Crippen LogP contribution in [0.25, 0.3) is 0 Å². The molecule has 0 unspecified atom stereocenters. The maximum atomic E-state index is 13.0. The van der Waals surface area contributed by atoms with E-state index < -0.39 is 12.1 Å². The fourth-order valence-electron chi connectivity index (χ4n) is 3.43. The highest BCUT2D eigenvalue weighted by Gasteiger charge is 2.31. The van der Waals surface area contributed by atoms with E-state index >= 15 is 0 Å². The van der Waals surface area contributed by atoms with Crippen molar-refractivity contribution in [2.75, 3.05) is 26.3 Å². The smallest absolute Gasteiger partial charge is 0.349 e. The number of thiophene rings is 1. The Labute approximate surface area is 156 Å². The Balaban J connectivity index is 1.56. The van der Waals surface area contributed by atoms with Crippen molar-refractivity contribution in [1.82, 2.24) is 4.90 Å². The molecule has 1 saturated heterocycles. The first-order valence-corrected chi connectivity index (χ1v) is 9.78. The summed E-state index contributed by atoms with van der Waals surface area (Å²) in [5.74, 6) is -0.600. The third-order valence-corrected chi connectivity index (χ3v) is 6.04. The quantitative estimate of drug-likeness (QED) is 0.776. The molecule has 0 N–H and O–H groups in total. The van der Waals surface area contributed by atoms with Crippen LogP contribution in [0.3, 0.4) is 0 Å². The van der Waals surface area contributed by atoms with Crippen molar-refractivity contribution in [2.45, 2.75) is 25.4 Å². The maximum Gasteiger partial charge on any atom is 0.349 e. The van der Waals surface area contributed by atoms with Gasteiger partial charge in [-0.15, -0.1) is 11.3 Å². The molecule has 1 aliphatic carbocycles. The fraction of sp³-hybridized carbons (Fsp3) is 0.400. The maximum absolute atomic E-state index is 13.0. The van der Waals surface area contributed by atoms with Crippen LogP contribution in [0.4, 0.5) is 0 Å². The molecule has 6 heteroatoms. The number of ether oxygens (including phenoxy) is 2. The number of benzene rings is 1. The zero-order valence-corrected chi connectivity index (χ0v) is 15.3. The second-order valence-electron chi connectivity index (χ2n) is 6.55. The van der Waals surface area contributed by atoms with Gasteiger partial charge in [0.05, 0.1) is 13.2 Å². The molecule has 0 saturated carbocycles. The first-order chi connectivity index (χ1) is 12.7. The molecule has 0 bridgehead atoms. The molecule has 1 fully saturated rings. The Morgan fingerprint density at radius 2 is 1.88 bits per heavy atom. The number of esters is 1. The Morgan fingerprint density at radius 1 is 1.12 bits per heavy atom. The van der Waals surface area contributed by atoms with Crippen molar-refractivity contribution >= 4 is 23.2 Å². The minimum atomic E-state index is -0.918. The van der Waals surface area contributed by atoms with Crippen molar-refractivity contribution < 1.29 is 19.1 Å². The average Bonchev–Trinajstić information content (AvgIpc) is 3.29. The molecule has 0 radical (unpaired) electrons. The molecule has 1 aliphatic heterocycles. The number of carbonyl (C=O) groups is 2. The number of rotatable bonds is 4. The molecule has 4 rings (SSSR count). The number of fused-ring (bicyclic) bond motifs is 1. The third kappa shape index (κ3) is 3.52. The molecule has 2 aliphatic rings. The van der Waals surface area contributed by atoms with Gasteiger partial charge in [-0.25, -0.2) is 4.79 Å². The summed E-state index contributed by atoms with van der Waals surface area (Å²) < 4.78 is 11.0. The lowest BCUT2D eigenvalue weighted by atomic mass is 10.1. The van der Waals surface area contributed by atoms with Gasteiger partial charge in [-0.1, -0.05) is 30.3 Å². The highest BCUT2D eigenvalue weighted by Crippen LogP contribution is 2.32. The van der Waals surface area contributed by atoms with Gasteiger partial charge < -0.3 is 14.4 Å². The van der Waals surface area contributed by atoms with Crippen molar-refractivity contribution in [3.8, 4) is 0 Å². The van der Waals surface area contributed by atoms with Crippen LogP contribution in [-0.2, 0) is 27.1 Å².